The van der Waals surface area contributed by atoms with Crippen molar-refractivity contribution in [2.45, 2.75) is 15.2 Å². The molecule has 58 heavy (non-hydrogen) atoms. The molecule has 1 spiro atoms. The first-order valence-electron chi connectivity index (χ1n) is 19.3. The monoisotopic (exact) mass is 756 g/mol. The summed E-state index contributed by atoms with van der Waals surface area (Å²) in [5, 5.41) is 10.1. The Labute approximate surface area is 341 Å². The average Bonchev–Trinajstić information content (AvgIpc) is 3.60. The number of rotatable bonds is 5. The van der Waals surface area contributed by atoms with Crippen molar-refractivity contribution in [3.05, 3.63) is 222 Å². The molecule has 2 aliphatic rings. The van der Waals surface area contributed by atoms with Gasteiger partial charge in [0.25, 0.3) is 0 Å². The van der Waals surface area contributed by atoms with E-state index in [-0.39, 0.29) is 0 Å². The van der Waals surface area contributed by atoms with Gasteiger partial charge in [-0.3, -0.25) is 0 Å². The van der Waals surface area contributed by atoms with Crippen molar-refractivity contribution in [3.8, 4) is 73.6 Å². The van der Waals surface area contributed by atoms with Crippen molar-refractivity contribution >= 4 is 11.8 Å². The van der Waals surface area contributed by atoms with Crippen LogP contribution in [-0.4, -0.2) is 15.0 Å². The van der Waals surface area contributed by atoms with Gasteiger partial charge < -0.3 is 0 Å². The van der Waals surface area contributed by atoms with Gasteiger partial charge in [-0.2, -0.15) is 5.26 Å². The minimum atomic E-state index is -0.637. The van der Waals surface area contributed by atoms with E-state index in [1.54, 1.807) is 11.8 Å². The summed E-state index contributed by atoms with van der Waals surface area (Å²) in [4.78, 5) is 17.8. The zero-order valence-corrected chi connectivity index (χ0v) is 32.0. The van der Waals surface area contributed by atoms with Crippen LogP contribution in [0.4, 0.5) is 0 Å². The van der Waals surface area contributed by atoms with Crippen LogP contribution in [0.1, 0.15) is 27.8 Å². The lowest BCUT2D eigenvalue weighted by molar-refractivity contribution is 0.723. The smallest absolute Gasteiger partial charge is 0.164 e. The molecule has 0 atom stereocenters. The average molecular weight is 757 g/mol. The van der Waals surface area contributed by atoms with E-state index in [0.717, 1.165) is 38.9 Å². The fraction of sp³-hybridized carbons (Fsp3) is 0.0189. The summed E-state index contributed by atoms with van der Waals surface area (Å²) >= 11 is 1.79. The summed E-state index contributed by atoms with van der Waals surface area (Å²) in [6, 6.07) is 70.3. The van der Waals surface area contributed by atoms with Gasteiger partial charge in [0, 0.05) is 26.5 Å². The van der Waals surface area contributed by atoms with E-state index in [9.17, 15) is 5.26 Å². The second kappa shape index (κ2) is 13.7. The predicted octanol–water partition coefficient (Wildman–Crippen LogP) is 12.9. The molecule has 1 aromatic heterocycles. The largest absolute Gasteiger partial charge is 0.208 e. The lowest BCUT2D eigenvalue weighted by atomic mass is 9.66. The molecule has 0 radical (unpaired) electrons. The number of nitrogens with zero attached hydrogens (tertiary/aromatic N) is 4. The molecule has 0 bridgehead atoms. The molecule has 0 fully saturated rings. The molecule has 8 aromatic carbocycles. The van der Waals surface area contributed by atoms with E-state index < -0.39 is 5.41 Å². The first kappa shape index (κ1) is 33.9. The maximum absolute atomic E-state index is 10.1. The Morgan fingerprint density at radius 3 is 1.38 bits per heavy atom. The number of hydrogen-bond acceptors (Lipinski definition) is 5. The van der Waals surface area contributed by atoms with Crippen molar-refractivity contribution < 1.29 is 0 Å². The second-order valence-electron chi connectivity index (χ2n) is 14.6. The Morgan fingerprint density at radius 1 is 0.362 bits per heavy atom. The fourth-order valence-corrected chi connectivity index (χ4v) is 9.99. The van der Waals surface area contributed by atoms with Crippen LogP contribution in [-0.2, 0) is 5.41 Å². The molecule has 0 unspecified atom stereocenters. The molecule has 0 saturated carbocycles. The lowest BCUT2D eigenvalue weighted by Gasteiger charge is -2.40. The van der Waals surface area contributed by atoms with Gasteiger partial charge in [-0.15, -0.1) is 0 Å². The van der Waals surface area contributed by atoms with Gasteiger partial charge in [-0.05, 0) is 86.0 Å². The van der Waals surface area contributed by atoms with Gasteiger partial charge in [-0.25, -0.2) is 15.0 Å². The van der Waals surface area contributed by atoms with Crippen LogP contribution >= 0.6 is 11.8 Å². The molecular weight excluding hydrogens is 725 g/mol. The highest BCUT2D eigenvalue weighted by Crippen LogP contribution is 2.62. The van der Waals surface area contributed by atoms with Crippen LogP contribution in [0.15, 0.2) is 204 Å². The summed E-state index contributed by atoms with van der Waals surface area (Å²) in [6.07, 6.45) is 0. The highest BCUT2D eigenvalue weighted by molar-refractivity contribution is 7.99. The van der Waals surface area contributed by atoms with Crippen molar-refractivity contribution in [2.75, 3.05) is 0 Å². The summed E-state index contributed by atoms with van der Waals surface area (Å²) < 4.78 is 0. The van der Waals surface area contributed by atoms with E-state index in [0.29, 0.717) is 23.0 Å². The number of aromatic nitrogens is 3. The number of nitriles is 1. The maximum Gasteiger partial charge on any atom is 0.164 e. The maximum atomic E-state index is 10.1. The predicted molar refractivity (Wildman–Crippen MR) is 233 cm³/mol. The molecule has 0 N–H and O–H groups in total. The first-order chi connectivity index (χ1) is 28.7. The fourth-order valence-electron chi connectivity index (χ4n) is 8.83. The normalized spacial score (nSPS) is 12.9. The number of fused-ring (bicyclic) bond motifs is 9. The molecule has 0 saturated heterocycles. The summed E-state index contributed by atoms with van der Waals surface area (Å²) in [6.45, 7) is 0. The van der Waals surface area contributed by atoms with Gasteiger partial charge in [0.2, 0.25) is 0 Å². The standard InChI is InChI=1S/C53H32N4S/c54-33-40-17-7-8-18-41(40)38-27-29-48-46(31-38)53(44-21-11-9-19-42(44)43-20-10-12-22-45(43)53)47-32-39(28-30-49(47)58-48)52-56-50(36-15-5-2-6-16-36)55-51(57-52)37-25-23-35(24-26-37)34-13-3-1-4-14-34/h1-32H. The van der Waals surface area contributed by atoms with Crippen molar-refractivity contribution in [1.82, 2.24) is 15.0 Å². The molecule has 1 aliphatic carbocycles. The summed E-state index contributed by atoms with van der Waals surface area (Å²) in [5.74, 6) is 1.85. The molecule has 11 rings (SSSR count). The lowest BCUT2D eigenvalue weighted by Crippen LogP contribution is -2.32. The highest BCUT2D eigenvalue weighted by atomic mass is 32.2. The Kier molecular flexibility index (Phi) is 7.99. The Hall–Kier alpha value is -7.39. The molecule has 4 nitrogen and oxygen atoms in total. The van der Waals surface area contributed by atoms with E-state index in [1.807, 2.05) is 60.7 Å². The molecule has 5 heteroatoms. The van der Waals surface area contributed by atoms with Crippen molar-refractivity contribution in [1.29, 1.82) is 5.26 Å². The molecule has 270 valence electrons. The third-order valence-corrected chi connectivity index (χ3v) is 12.6. The molecule has 9 aromatic rings. The van der Waals surface area contributed by atoms with Crippen LogP contribution in [0.5, 0.6) is 0 Å². The van der Waals surface area contributed by atoms with Crippen molar-refractivity contribution in [3.63, 3.8) is 0 Å². The number of hydrogen-bond donors (Lipinski definition) is 0. The van der Waals surface area contributed by atoms with Crippen LogP contribution < -0.4 is 0 Å². The Bertz CT molecular complexity index is 3050. The SMILES string of the molecule is N#Cc1ccccc1-c1ccc2c(c1)C1(c3cc(-c4nc(-c5ccccc5)nc(-c5ccc(-c6ccccc6)cc5)n4)ccc3S2)c2ccccc2-c2ccccc21. The highest BCUT2D eigenvalue weighted by Gasteiger charge is 2.50. The summed E-state index contributed by atoms with van der Waals surface area (Å²) in [7, 11) is 0. The zero-order chi connectivity index (χ0) is 38.6. The molecule has 2 heterocycles. The third-order valence-electron chi connectivity index (χ3n) is 11.5. The van der Waals surface area contributed by atoms with E-state index in [1.165, 1.54) is 43.2 Å². The first-order valence-corrected chi connectivity index (χ1v) is 20.1. The van der Waals surface area contributed by atoms with Gasteiger partial charge >= 0.3 is 0 Å². The molecule has 0 amide bonds. The van der Waals surface area contributed by atoms with Crippen LogP contribution in [0, 0.1) is 11.3 Å². The zero-order valence-electron chi connectivity index (χ0n) is 31.2. The van der Waals surface area contributed by atoms with E-state index >= 15 is 0 Å². The topological polar surface area (TPSA) is 62.5 Å². The van der Waals surface area contributed by atoms with E-state index in [2.05, 4.69) is 140 Å². The van der Waals surface area contributed by atoms with E-state index in [4.69, 9.17) is 15.0 Å². The molecular formula is C53H32N4S. The van der Waals surface area contributed by atoms with Gasteiger partial charge in [-0.1, -0.05) is 176 Å². The summed E-state index contributed by atoms with van der Waals surface area (Å²) in [5.41, 5.74) is 14.3. The number of benzene rings is 8. The Morgan fingerprint density at radius 2 is 0.776 bits per heavy atom. The minimum Gasteiger partial charge on any atom is -0.208 e. The van der Waals surface area contributed by atoms with Crippen LogP contribution in [0.25, 0.3) is 67.5 Å². The third kappa shape index (κ3) is 5.34. The Balaban J connectivity index is 1.14. The van der Waals surface area contributed by atoms with Gasteiger partial charge in [0.1, 0.15) is 0 Å². The van der Waals surface area contributed by atoms with Gasteiger partial charge in [0.05, 0.1) is 17.0 Å². The molecule has 1 aliphatic heterocycles. The quantitative estimate of drug-likeness (QED) is 0.175. The van der Waals surface area contributed by atoms with Crippen LogP contribution in [0.2, 0.25) is 0 Å². The minimum absolute atomic E-state index is 0.612. The van der Waals surface area contributed by atoms with Crippen molar-refractivity contribution in [2.24, 2.45) is 0 Å². The van der Waals surface area contributed by atoms with Gasteiger partial charge in [0.15, 0.2) is 17.5 Å². The van der Waals surface area contributed by atoms with Crippen LogP contribution in [0.3, 0.4) is 0 Å². The second-order valence-corrected chi connectivity index (χ2v) is 15.7.